The molecule has 0 atom stereocenters. The number of piperidine rings is 1. The minimum Gasteiger partial charge on any atom is -0.495 e. The van der Waals surface area contributed by atoms with Gasteiger partial charge in [0.2, 0.25) is 0 Å². The molecule has 2 N–H and O–H groups in total. The molecule has 4 heterocycles. The van der Waals surface area contributed by atoms with E-state index in [1.165, 1.54) is 14.2 Å². The lowest BCUT2D eigenvalue weighted by Gasteiger charge is -2.36. The van der Waals surface area contributed by atoms with Crippen LogP contribution < -0.4 is 25.0 Å². The number of nitrogens with one attached hydrogen (secondary N) is 2. The Labute approximate surface area is 294 Å². The van der Waals surface area contributed by atoms with Gasteiger partial charge in [-0.05, 0) is 58.1 Å². The minimum atomic E-state index is -0.574. The van der Waals surface area contributed by atoms with E-state index in [0.717, 1.165) is 48.2 Å². The van der Waals surface area contributed by atoms with Crippen molar-refractivity contribution in [3.05, 3.63) is 76.7 Å². The summed E-state index contributed by atoms with van der Waals surface area (Å²) < 4.78 is 13.0. The fourth-order valence-electron chi connectivity index (χ4n) is 6.21. The second-order valence-corrected chi connectivity index (χ2v) is 12.9. The van der Waals surface area contributed by atoms with Crippen LogP contribution in [0.3, 0.4) is 0 Å². The number of aromatic nitrogens is 3. The zero-order chi connectivity index (χ0) is 35.0. The highest BCUT2D eigenvalue weighted by Crippen LogP contribution is 2.47. The zero-order valence-corrected chi connectivity index (χ0v) is 29.4. The number of aryl methyl sites for hydroxylation is 1. The smallest absolute Gasteiger partial charge is 0.265 e. The van der Waals surface area contributed by atoms with Crippen LogP contribution in [-0.4, -0.2) is 72.6 Å². The van der Waals surface area contributed by atoms with E-state index in [9.17, 15) is 10.1 Å². The van der Waals surface area contributed by atoms with Crippen LogP contribution in [0, 0.1) is 18.3 Å². The van der Waals surface area contributed by atoms with Gasteiger partial charge in [0.25, 0.3) is 5.91 Å². The molecule has 1 aliphatic heterocycles. The van der Waals surface area contributed by atoms with Crippen molar-refractivity contribution in [1.29, 1.82) is 5.26 Å². The summed E-state index contributed by atoms with van der Waals surface area (Å²) >= 11 is 13.6. The number of nitrogens with zero attached hydrogens (tertiary/aromatic N) is 6. The number of carbonyl (C=O) groups is 1. The molecule has 0 aliphatic carbocycles. The predicted octanol–water partition coefficient (Wildman–Crippen LogP) is 7.47. The second kappa shape index (κ2) is 13.8. The SMILES string of the molecule is C=C(C#N)C(=O)Nc1cc(N2CCC(N(C)C)CC2)ccc1Nc1cc2c(cn1)cc(-c1c(Cl)c(OC)cc(OC)c1Cl)c1nc(C)cn12. The van der Waals surface area contributed by atoms with Crippen molar-refractivity contribution in [3.63, 3.8) is 0 Å². The van der Waals surface area contributed by atoms with E-state index in [1.54, 1.807) is 12.3 Å². The van der Waals surface area contributed by atoms with Crippen LogP contribution in [0.5, 0.6) is 11.5 Å². The van der Waals surface area contributed by atoms with E-state index in [0.29, 0.717) is 61.6 Å². The van der Waals surface area contributed by atoms with Crippen molar-refractivity contribution in [3.8, 4) is 28.7 Å². The number of methoxy groups -OCH3 is 2. The Morgan fingerprint density at radius 1 is 1.06 bits per heavy atom. The Bertz CT molecular complexity index is 2120. The quantitative estimate of drug-likeness (QED) is 0.119. The lowest BCUT2D eigenvalue weighted by molar-refractivity contribution is -0.112. The summed E-state index contributed by atoms with van der Waals surface area (Å²) in [6.07, 6.45) is 5.75. The third kappa shape index (κ3) is 6.55. The third-order valence-corrected chi connectivity index (χ3v) is 9.62. The Balaban J connectivity index is 1.40. The first-order valence-corrected chi connectivity index (χ1v) is 16.4. The molecular weight excluding hydrogens is 663 g/mol. The van der Waals surface area contributed by atoms with Gasteiger partial charge in [-0.15, -0.1) is 0 Å². The van der Waals surface area contributed by atoms with E-state index < -0.39 is 5.91 Å². The van der Waals surface area contributed by atoms with Gasteiger partial charge in [0.05, 0.1) is 46.9 Å². The van der Waals surface area contributed by atoms with E-state index in [1.807, 2.05) is 53.9 Å². The molecule has 0 radical (unpaired) electrons. The molecule has 1 fully saturated rings. The number of hydrogen-bond acceptors (Lipinski definition) is 9. The summed E-state index contributed by atoms with van der Waals surface area (Å²) in [5, 5.41) is 17.0. The van der Waals surface area contributed by atoms with Crippen molar-refractivity contribution in [2.24, 2.45) is 0 Å². The molecule has 0 unspecified atom stereocenters. The molecule has 0 bridgehead atoms. The number of amides is 1. The van der Waals surface area contributed by atoms with Gasteiger partial charge >= 0.3 is 0 Å². The van der Waals surface area contributed by atoms with Gasteiger partial charge in [-0.1, -0.05) is 29.8 Å². The van der Waals surface area contributed by atoms with Gasteiger partial charge in [0.15, 0.2) is 0 Å². The standard InChI is InChI=1S/C36H36Cl2N8O3/c1-20(17-39)36(47)43-27-14-24(45-11-9-23(10-12-45)44(3)4)7-8-26(27)42-31-15-28-22(18-40-31)13-25(35-41-21(2)19-46(28)35)32-33(37)29(48-5)16-30(49-6)34(32)38/h7-8,13-16,18-19,23H,1,9-12H2,2-6H3,(H,40,42)(H,43,47). The number of pyridine rings is 2. The number of halogens is 2. The van der Waals surface area contributed by atoms with Crippen molar-refractivity contribution in [1.82, 2.24) is 19.3 Å². The Morgan fingerprint density at radius 2 is 1.76 bits per heavy atom. The number of ether oxygens (including phenoxy) is 2. The molecule has 13 heteroatoms. The number of nitriles is 1. The lowest BCUT2D eigenvalue weighted by atomic mass is 10.0. The Hall–Kier alpha value is -5.02. The van der Waals surface area contributed by atoms with Crippen LogP contribution >= 0.6 is 23.2 Å². The summed E-state index contributed by atoms with van der Waals surface area (Å²) in [7, 11) is 7.28. The molecule has 252 valence electrons. The van der Waals surface area contributed by atoms with Crippen molar-refractivity contribution < 1.29 is 14.3 Å². The van der Waals surface area contributed by atoms with Gasteiger partial charge in [0.1, 0.15) is 34.6 Å². The molecule has 49 heavy (non-hydrogen) atoms. The molecule has 0 spiro atoms. The topological polar surface area (TPSA) is 120 Å². The van der Waals surface area contributed by atoms with Crippen LogP contribution in [-0.2, 0) is 4.79 Å². The number of hydrogen-bond donors (Lipinski definition) is 2. The summed E-state index contributed by atoms with van der Waals surface area (Å²) in [4.78, 5) is 26.9. The largest absolute Gasteiger partial charge is 0.495 e. The molecule has 5 aromatic rings. The molecule has 3 aromatic heterocycles. The number of fused-ring (bicyclic) bond motifs is 3. The minimum absolute atomic E-state index is 0.186. The number of imidazole rings is 1. The third-order valence-electron chi connectivity index (χ3n) is 8.86. The summed E-state index contributed by atoms with van der Waals surface area (Å²) in [6, 6.07) is 13.7. The van der Waals surface area contributed by atoms with Crippen LogP contribution in [0.15, 0.2) is 60.9 Å². The highest BCUT2D eigenvalue weighted by atomic mass is 35.5. The molecule has 6 rings (SSSR count). The van der Waals surface area contributed by atoms with Crippen LogP contribution in [0.25, 0.3) is 27.7 Å². The van der Waals surface area contributed by atoms with Crippen molar-refractivity contribution >= 4 is 68.5 Å². The van der Waals surface area contributed by atoms with Crippen LogP contribution in [0.1, 0.15) is 18.5 Å². The maximum atomic E-state index is 12.8. The molecule has 11 nitrogen and oxygen atoms in total. The number of anilines is 4. The van der Waals surface area contributed by atoms with E-state index in [2.05, 4.69) is 41.1 Å². The first kappa shape index (κ1) is 33.9. The first-order valence-electron chi connectivity index (χ1n) is 15.6. The monoisotopic (exact) mass is 698 g/mol. The average molecular weight is 700 g/mol. The second-order valence-electron chi connectivity index (χ2n) is 12.1. The van der Waals surface area contributed by atoms with E-state index >= 15 is 0 Å². The van der Waals surface area contributed by atoms with Gasteiger partial charge in [-0.3, -0.25) is 9.20 Å². The fourth-order valence-corrected chi connectivity index (χ4v) is 6.91. The molecule has 0 saturated carbocycles. The van der Waals surface area contributed by atoms with Crippen molar-refractivity contribution in [2.75, 3.05) is 56.9 Å². The lowest BCUT2D eigenvalue weighted by Crippen LogP contribution is -2.42. The summed E-state index contributed by atoms with van der Waals surface area (Å²) in [6.45, 7) is 7.27. The molecule has 1 saturated heterocycles. The van der Waals surface area contributed by atoms with Crippen LogP contribution in [0.2, 0.25) is 10.0 Å². The predicted molar refractivity (Wildman–Crippen MR) is 196 cm³/mol. The Kier molecular flexibility index (Phi) is 9.56. The summed E-state index contributed by atoms with van der Waals surface area (Å²) in [5.41, 5.74) is 5.36. The molecular formula is C36H36Cl2N8O3. The first-order chi connectivity index (χ1) is 23.5. The number of rotatable bonds is 9. The number of benzene rings is 2. The Morgan fingerprint density at radius 3 is 2.39 bits per heavy atom. The van der Waals surface area contributed by atoms with Gasteiger partial charge in [-0.2, -0.15) is 5.26 Å². The van der Waals surface area contributed by atoms with Crippen molar-refractivity contribution in [2.45, 2.75) is 25.8 Å². The van der Waals surface area contributed by atoms with Crippen LogP contribution in [0.4, 0.5) is 22.9 Å². The molecule has 2 aromatic carbocycles. The fraction of sp³-hybridized carbons (Fsp3) is 0.278. The average Bonchev–Trinajstić information content (AvgIpc) is 3.50. The normalized spacial score (nSPS) is 13.5. The highest BCUT2D eigenvalue weighted by molar-refractivity contribution is 6.41. The van der Waals surface area contributed by atoms with Gasteiger partial charge in [0, 0.05) is 65.9 Å². The summed E-state index contributed by atoms with van der Waals surface area (Å²) in [5.74, 6) is 0.793. The zero-order valence-electron chi connectivity index (χ0n) is 27.9. The highest BCUT2D eigenvalue weighted by Gasteiger charge is 2.24. The van der Waals surface area contributed by atoms with Gasteiger partial charge in [-0.25, -0.2) is 9.97 Å². The molecule has 1 aliphatic rings. The van der Waals surface area contributed by atoms with E-state index in [4.69, 9.17) is 42.6 Å². The molecule has 1 amide bonds. The maximum Gasteiger partial charge on any atom is 0.265 e. The maximum absolute atomic E-state index is 12.8. The van der Waals surface area contributed by atoms with Gasteiger partial charge < -0.3 is 29.9 Å². The number of carbonyl (C=O) groups excluding carboxylic acids is 1. The van der Waals surface area contributed by atoms with E-state index in [-0.39, 0.29) is 5.57 Å².